The van der Waals surface area contributed by atoms with Crippen molar-refractivity contribution in [3.05, 3.63) is 35.9 Å². The van der Waals surface area contributed by atoms with E-state index >= 15 is 0 Å². The minimum atomic E-state index is -0.269. The molecule has 0 saturated heterocycles. The fourth-order valence-electron chi connectivity index (χ4n) is 1.22. The van der Waals surface area contributed by atoms with Gasteiger partial charge in [0, 0.05) is 18.9 Å². The van der Waals surface area contributed by atoms with Crippen molar-refractivity contribution in [1.82, 2.24) is 20.4 Å². The first-order chi connectivity index (χ1) is 8.74. The zero-order valence-electron chi connectivity index (χ0n) is 9.79. The number of carbonyl (C=O) groups is 1. The molecule has 0 aliphatic rings. The van der Waals surface area contributed by atoms with Crippen molar-refractivity contribution < 1.29 is 14.1 Å². The standard InChI is InChI=1S/C11H12N4O3/c1-8-14-11(18-15-8)17-7-10(16)13-6-9-3-2-4-12-5-9/h2-5H,6-7H2,1H3,(H,13,16). The van der Waals surface area contributed by atoms with E-state index in [2.05, 4.69) is 20.4 Å². The summed E-state index contributed by atoms with van der Waals surface area (Å²) in [6, 6.07) is 3.68. The van der Waals surface area contributed by atoms with Gasteiger partial charge < -0.3 is 10.1 Å². The number of rotatable bonds is 5. The quantitative estimate of drug-likeness (QED) is 0.827. The molecule has 2 heterocycles. The Morgan fingerprint density at radius 1 is 1.56 bits per heavy atom. The van der Waals surface area contributed by atoms with Crippen LogP contribution in [0.5, 0.6) is 6.08 Å². The van der Waals surface area contributed by atoms with Crippen molar-refractivity contribution >= 4 is 5.91 Å². The number of aromatic nitrogens is 3. The summed E-state index contributed by atoms with van der Waals surface area (Å²) >= 11 is 0. The molecule has 2 aromatic rings. The Kier molecular flexibility index (Phi) is 3.85. The molecule has 7 nitrogen and oxygen atoms in total. The summed E-state index contributed by atoms with van der Waals surface area (Å²) in [6.07, 6.45) is 3.35. The Morgan fingerprint density at radius 3 is 3.11 bits per heavy atom. The Balaban J connectivity index is 1.73. The van der Waals surface area contributed by atoms with Crippen LogP contribution in [0, 0.1) is 6.92 Å². The Morgan fingerprint density at radius 2 is 2.44 bits per heavy atom. The number of amides is 1. The third kappa shape index (κ3) is 3.55. The van der Waals surface area contributed by atoms with Crippen molar-refractivity contribution in [2.75, 3.05) is 6.61 Å². The summed E-state index contributed by atoms with van der Waals surface area (Å²) in [4.78, 5) is 19.2. The zero-order chi connectivity index (χ0) is 12.8. The van der Waals surface area contributed by atoms with Crippen LogP contribution in [0.25, 0.3) is 0 Å². The lowest BCUT2D eigenvalue weighted by molar-refractivity contribution is -0.123. The molecule has 0 saturated carbocycles. The Hall–Kier alpha value is -2.44. The number of carbonyl (C=O) groups excluding carboxylic acids is 1. The van der Waals surface area contributed by atoms with Gasteiger partial charge in [0.05, 0.1) is 0 Å². The summed E-state index contributed by atoms with van der Waals surface area (Å²) in [5, 5.41) is 6.22. The van der Waals surface area contributed by atoms with Gasteiger partial charge in [0.15, 0.2) is 12.4 Å². The van der Waals surface area contributed by atoms with Gasteiger partial charge in [-0.25, -0.2) is 0 Å². The molecule has 0 atom stereocenters. The van der Waals surface area contributed by atoms with Crippen molar-refractivity contribution in [3.8, 4) is 6.08 Å². The van der Waals surface area contributed by atoms with E-state index in [4.69, 9.17) is 9.26 Å². The maximum atomic E-state index is 11.5. The molecule has 0 radical (unpaired) electrons. The van der Waals surface area contributed by atoms with E-state index in [1.807, 2.05) is 6.07 Å². The number of aryl methyl sites for hydroxylation is 1. The minimum absolute atomic E-state index is 0.0102. The SMILES string of the molecule is Cc1noc(OCC(=O)NCc2cccnc2)n1. The molecular formula is C11H12N4O3. The van der Waals surface area contributed by atoms with Gasteiger partial charge in [-0.1, -0.05) is 11.2 Å². The summed E-state index contributed by atoms with van der Waals surface area (Å²) < 4.78 is 9.71. The lowest BCUT2D eigenvalue weighted by Gasteiger charge is -2.04. The fraction of sp³-hybridized carbons (Fsp3) is 0.273. The van der Waals surface area contributed by atoms with Gasteiger partial charge in [-0.2, -0.15) is 4.98 Å². The zero-order valence-corrected chi connectivity index (χ0v) is 9.79. The molecule has 18 heavy (non-hydrogen) atoms. The van der Waals surface area contributed by atoms with Gasteiger partial charge in [-0.15, -0.1) is 0 Å². The van der Waals surface area contributed by atoms with Crippen LogP contribution in [-0.4, -0.2) is 27.6 Å². The highest BCUT2D eigenvalue weighted by Gasteiger charge is 2.07. The second kappa shape index (κ2) is 5.76. The highest BCUT2D eigenvalue weighted by Crippen LogP contribution is 2.04. The van der Waals surface area contributed by atoms with Gasteiger partial charge in [-0.3, -0.25) is 14.3 Å². The lowest BCUT2D eigenvalue weighted by atomic mass is 10.3. The normalized spacial score (nSPS) is 10.1. The molecule has 0 unspecified atom stereocenters. The highest BCUT2D eigenvalue weighted by atomic mass is 16.6. The molecule has 0 spiro atoms. The van der Waals surface area contributed by atoms with Crippen molar-refractivity contribution in [2.45, 2.75) is 13.5 Å². The van der Waals surface area contributed by atoms with E-state index in [1.165, 1.54) is 0 Å². The van der Waals surface area contributed by atoms with Crippen LogP contribution in [-0.2, 0) is 11.3 Å². The average Bonchev–Trinajstić information content (AvgIpc) is 2.81. The van der Waals surface area contributed by atoms with Crippen LogP contribution in [0.4, 0.5) is 0 Å². The molecule has 2 aromatic heterocycles. The molecule has 0 aliphatic carbocycles. The second-order valence-corrected chi connectivity index (χ2v) is 3.53. The number of pyridine rings is 1. The Bertz CT molecular complexity index is 512. The first kappa shape index (κ1) is 12.0. The predicted molar refractivity (Wildman–Crippen MR) is 60.6 cm³/mol. The molecule has 0 fully saturated rings. The molecule has 0 aromatic carbocycles. The van der Waals surface area contributed by atoms with E-state index < -0.39 is 0 Å². The summed E-state index contributed by atoms with van der Waals surface area (Å²) in [6.45, 7) is 1.90. The van der Waals surface area contributed by atoms with Crippen LogP contribution in [0.15, 0.2) is 29.0 Å². The molecule has 7 heteroatoms. The summed E-state index contributed by atoms with van der Waals surface area (Å²) in [7, 11) is 0. The third-order valence-corrected chi connectivity index (χ3v) is 2.05. The first-order valence-electron chi connectivity index (χ1n) is 5.33. The maximum Gasteiger partial charge on any atom is 0.417 e. The van der Waals surface area contributed by atoms with Crippen LogP contribution in [0.1, 0.15) is 11.4 Å². The van der Waals surface area contributed by atoms with Gasteiger partial charge in [0.25, 0.3) is 5.91 Å². The van der Waals surface area contributed by atoms with Crippen LogP contribution >= 0.6 is 0 Å². The Labute approximate surface area is 103 Å². The fourth-order valence-corrected chi connectivity index (χ4v) is 1.22. The van der Waals surface area contributed by atoms with Crippen molar-refractivity contribution in [1.29, 1.82) is 0 Å². The van der Waals surface area contributed by atoms with Crippen molar-refractivity contribution in [3.63, 3.8) is 0 Å². The second-order valence-electron chi connectivity index (χ2n) is 3.53. The monoisotopic (exact) mass is 248 g/mol. The smallest absolute Gasteiger partial charge is 0.417 e. The largest absolute Gasteiger partial charge is 0.439 e. The van der Waals surface area contributed by atoms with Crippen LogP contribution in [0.3, 0.4) is 0 Å². The van der Waals surface area contributed by atoms with Crippen LogP contribution in [0.2, 0.25) is 0 Å². The number of ether oxygens (including phenoxy) is 1. The number of hydrogen-bond acceptors (Lipinski definition) is 6. The average molecular weight is 248 g/mol. The molecule has 2 rings (SSSR count). The van der Waals surface area contributed by atoms with Gasteiger partial charge >= 0.3 is 6.08 Å². The number of nitrogens with one attached hydrogen (secondary N) is 1. The van der Waals surface area contributed by atoms with Gasteiger partial charge in [0.2, 0.25) is 0 Å². The summed E-state index contributed by atoms with van der Waals surface area (Å²) in [5.41, 5.74) is 0.916. The van der Waals surface area contributed by atoms with E-state index in [1.54, 1.807) is 25.4 Å². The molecule has 1 N–H and O–H groups in total. The van der Waals surface area contributed by atoms with Crippen molar-refractivity contribution in [2.24, 2.45) is 0 Å². The molecular weight excluding hydrogens is 236 g/mol. The van der Waals surface area contributed by atoms with Gasteiger partial charge in [0.1, 0.15) is 0 Å². The first-order valence-corrected chi connectivity index (χ1v) is 5.33. The highest BCUT2D eigenvalue weighted by molar-refractivity contribution is 5.77. The molecule has 0 aliphatic heterocycles. The maximum absolute atomic E-state index is 11.5. The topological polar surface area (TPSA) is 90.1 Å². The number of hydrogen-bond donors (Lipinski definition) is 1. The number of nitrogens with zero attached hydrogens (tertiary/aromatic N) is 3. The predicted octanol–water partition coefficient (Wildman–Crippen LogP) is 0.468. The van der Waals surface area contributed by atoms with E-state index in [-0.39, 0.29) is 18.6 Å². The van der Waals surface area contributed by atoms with E-state index in [0.717, 1.165) is 5.56 Å². The summed E-state index contributed by atoms with van der Waals surface area (Å²) in [5.74, 6) is 0.190. The van der Waals surface area contributed by atoms with Gasteiger partial charge in [-0.05, 0) is 18.6 Å². The molecule has 1 amide bonds. The van der Waals surface area contributed by atoms with E-state index in [9.17, 15) is 4.79 Å². The van der Waals surface area contributed by atoms with Crippen LogP contribution < -0.4 is 10.1 Å². The molecule has 0 bridgehead atoms. The van der Waals surface area contributed by atoms with E-state index in [0.29, 0.717) is 12.4 Å². The third-order valence-electron chi connectivity index (χ3n) is 2.05. The minimum Gasteiger partial charge on any atom is -0.439 e. The lowest BCUT2D eigenvalue weighted by Crippen LogP contribution is -2.28. The molecule has 94 valence electrons.